The van der Waals surface area contributed by atoms with Gasteiger partial charge in [-0.05, 0) is 32.4 Å². The summed E-state index contributed by atoms with van der Waals surface area (Å²) < 4.78 is 3.36. The number of urea groups is 1. The Bertz CT molecular complexity index is 774. The molecule has 0 unspecified atom stereocenters. The van der Waals surface area contributed by atoms with Crippen LogP contribution in [0.15, 0.2) is 23.1 Å². The lowest BCUT2D eigenvalue weighted by molar-refractivity contribution is 0.166. The zero-order chi connectivity index (χ0) is 16.6. The molecule has 2 amide bonds. The normalized spacial score (nSPS) is 17.9. The van der Waals surface area contributed by atoms with Gasteiger partial charge in [0.2, 0.25) is 0 Å². The van der Waals surface area contributed by atoms with Crippen LogP contribution in [0, 0.1) is 0 Å². The molecule has 1 saturated heterocycles. The van der Waals surface area contributed by atoms with Gasteiger partial charge in [0.25, 0.3) is 0 Å². The van der Waals surface area contributed by atoms with Crippen molar-refractivity contribution in [3.63, 3.8) is 0 Å². The number of rotatable bonds is 3. The van der Waals surface area contributed by atoms with Crippen molar-refractivity contribution in [2.24, 2.45) is 7.05 Å². The van der Waals surface area contributed by atoms with E-state index in [1.165, 1.54) is 0 Å². The predicted octanol–water partition coefficient (Wildman–Crippen LogP) is 1.44. The Hall–Kier alpha value is -2.31. The minimum atomic E-state index is -0.0687. The molecule has 1 aliphatic heterocycles. The van der Waals surface area contributed by atoms with Crippen molar-refractivity contribution in [2.75, 3.05) is 26.2 Å². The number of carbonyl (C=O) groups excluding carboxylic acids is 1. The molecule has 1 atom stereocenters. The molecule has 1 aliphatic rings. The van der Waals surface area contributed by atoms with E-state index in [1.54, 1.807) is 22.4 Å². The second-order valence-electron chi connectivity index (χ2n) is 5.90. The molecule has 0 N–H and O–H groups in total. The number of aryl methyl sites for hydroxylation is 1. The largest absolute Gasteiger partial charge is 0.330 e. The van der Waals surface area contributed by atoms with Gasteiger partial charge in [-0.2, -0.15) is 0 Å². The van der Waals surface area contributed by atoms with E-state index in [-0.39, 0.29) is 17.8 Å². The summed E-state index contributed by atoms with van der Waals surface area (Å²) in [4.78, 5) is 33.1. The van der Waals surface area contributed by atoms with Crippen LogP contribution >= 0.6 is 0 Å². The van der Waals surface area contributed by atoms with E-state index in [4.69, 9.17) is 0 Å². The summed E-state index contributed by atoms with van der Waals surface area (Å²) in [5.41, 5.74) is 1.45. The summed E-state index contributed by atoms with van der Waals surface area (Å²) in [6.07, 6.45) is 2.48. The van der Waals surface area contributed by atoms with Gasteiger partial charge in [-0.3, -0.25) is 9.13 Å². The number of fused-ring (bicyclic) bond motifs is 1. The average molecular weight is 317 g/mol. The number of likely N-dealkylation sites (tertiary alicyclic amines) is 1. The van der Waals surface area contributed by atoms with Gasteiger partial charge in [-0.15, -0.1) is 0 Å². The van der Waals surface area contributed by atoms with Gasteiger partial charge in [0, 0.05) is 39.4 Å². The first-order chi connectivity index (χ1) is 11.1. The van der Waals surface area contributed by atoms with Crippen molar-refractivity contribution >= 4 is 17.2 Å². The van der Waals surface area contributed by atoms with Crippen molar-refractivity contribution in [3.05, 3.63) is 28.8 Å². The van der Waals surface area contributed by atoms with Gasteiger partial charge in [0.05, 0.1) is 11.6 Å². The van der Waals surface area contributed by atoms with Gasteiger partial charge in [-0.25, -0.2) is 14.6 Å². The lowest BCUT2D eigenvalue weighted by atomic mass is 10.2. The molecule has 0 radical (unpaired) electrons. The molecular weight excluding hydrogens is 294 g/mol. The molecule has 2 aromatic rings. The SMILES string of the molecule is CCN(CC)C(=O)N1CC[C@@H](n2c(=O)n(C)c3cccnc32)C1. The third-order valence-electron chi connectivity index (χ3n) is 4.68. The van der Waals surface area contributed by atoms with E-state index in [0.717, 1.165) is 11.9 Å². The highest BCUT2D eigenvalue weighted by atomic mass is 16.2. The number of nitrogens with zero attached hydrogens (tertiary/aromatic N) is 5. The third kappa shape index (κ3) is 2.50. The first-order valence-electron chi connectivity index (χ1n) is 8.14. The Morgan fingerprint density at radius 1 is 1.39 bits per heavy atom. The van der Waals surface area contributed by atoms with Gasteiger partial charge < -0.3 is 9.80 Å². The molecule has 2 aromatic heterocycles. The van der Waals surface area contributed by atoms with Gasteiger partial charge in [0.1, 0.15) is 0 Å². The molecule has 23 heavy (non-hydrogen) atoms. The molecule has 124 valence electrons. The summed E-state index contributed by atoms with van der Waals surface area (Å²) in [6, 6.07) is 3.77. The van der Waals surface area contributed by atoms with Crippen molar-refractivity contribution in [2.45, 2.75) is 26.3 Å². The van der Waals surface area contributed by atoms with Crippen LogP contribution in [-0.2, 0) is 7.05 Å². The molecule has 1 fully saturated rings. The summed E-state index contributed by atoms with van der Waals surface area (Å²) in [7, 11) is 1.76. The summed E-state index contributed by atoms with van der Waals surface area (Å²) in [5.74, 6) is 0. The number of hydrogen-bond acceptors (Lipinski definition) is 3. The quantitative estimate of drug-likeness (QED) is 0.860. The van der Waals surface area contributed by atoms with Crippen LogP contribution in [0.5, 0.6) is 0 Å². The van der Waals surface area contributed by atoms with Crippen LogP contribution in [0.3, 0.4) is 0 Å². The molecular formula is C16H23N5O2. The number of pyridine rings is 1. The van der Waals surface area contributed by atoms with Crippen LogP contribution in [0.1, 0.15) is 26.3 Å². The number of aromatic nitrogens is 3. The Morgan fingerprint density at radius 3 is 2.83 bits per heavy atom. The molecule has 7 heteroatoms. The zero-order valence-corrected chi connectivity index (χ0v) is 13.9. The molecule has 0 aliphatic carbocycles. The minimum absolute atomic E-state index is 0.0133. The molecule has 0 aromatic carbocycles. The lowest BCUT2D eigenvalue weighted by Crippen LogP contribution is -2.42. The molecule has 0 spiro atoms. The van der Waals surface area contributed by atoms with Crippen LogP contribution in [0.2, 0.25) is 0 Å². The van der Waals surface area contributed by atoms with E-state index in [1.807, 2.05) is 35.8 Å². The molecule has 3 heterocycles. The van der Waals surface area contributed by atoms with Crippen molar-refractivity contribution in [1.82, 2.24) is 23.9 Å². The Kier molecular flexibility index (Phi) is 4.11. The smallest absolute Gasteiger partial charge is 0.325 e. The number of hydrogen-bond donors (Lipinski definition) is 0. The number of carbonyl (C=O) groups is 1. The molecule has 0 bridgehead atoms. The maximum absolute atomic E-state index is 12.6. The lowest BCUT2D eigenvalue weighted by Gasteiger charge is -2.26. The van der Waals surface area contributed by atoms with E-state index in [9.17, 15) is 9.59 Å². The van der Waals surface area contributed by atoms with E-state index in [0.29, 0.717) is 31.8 Å². The number of amides is 2. The Balaban J connectivity index is 1.90. The second kappa shape index (κ2) is 6.06. The predicted molar refractivity (Wildman–Crippen MR) is 88.5 cm³/mol. The number of imidazole rings is 1. The molecule has 3 rings (SSSR count). The van der Waals surface area contributed by atoms with E-state index < -0.39 is 0 Å². The van der Waals surface area contributed by atoms with Crippen molar-refractivity contribution in [3.8, 4) is 0 Å². The van der Waals surface area contributed by atoms with Crippen molar-refractivity contribution < 1.29 is 4.79 Å². The monoisotopic (exact) mass is 317 g/mol. The summed E-state index contributed by atoms with van der Waals surface area (Å²) in [5, 5.41) is 0. The standard InChI is InChI=1S/C16H23N5O2/c1-4-19(5-2)16(23)20-10-8-12(11-20)21-14-13(7-6-9-17-14)18(3)15(21)22/h6-7,9,12H,4-5,8,10-11H2,1-3H3/t12-/m1/s1. The highest BCUT2D eigenvalue weighted by Crippen LogP contribution is 2.24. The molecule has 0 saturated carbocycles. The Labute approximate surface area is 135 Å². The highest BCUT2D eigenvalue weighted by molar-refractivity contribution is 5.75. The third-order valence-corrected chi connectivity index (χ3v) is 4.68. The summed E-state index contributed by atoms with van der Waals surface area (Å²) >= 11 is 0. The fraction of sp³-hybridized carbons (Fsp3) is 0.562. The Morgan fingerprint density at radius 2 is 2.13 bits per heavy atom. The van der Waals surface area contributed by atoms with Gasteiger partial charge in [-0.1, -0.05) is 0 Å². The second-order valence-corrected chi connectivity index (χ2v) is 5.90. The van der Waals surface area contributed by atoms with Crippen molar-refractivity contribution in [1.29, 1.82) is 0 Å². The van der Waals surface area contributed by atoms with Gasteiger partial charge >= 0.3 is 11.7 Å². The molecule has 7 nitrogen and oxygen atoms in total. The summed E-state index contributed by atoms with van der Waals surface area (Å²) in [6.45, 7) is 6.60. The topological polar surface area (TPSA) is 63.4 Å². The van der Waals surface area contributed by atoms with Gasteiger partial charge in [0.15, 0.2) is 5.65 Å². The highest BCUT2D eigenvalue weighted by Gasteiger charge is 2.31. The first kappa shape index (κ1) is 15.6. The fourth-order valence-corrected chi connectivity index (χ4v) is 3.34. The van der Waals surface area contributed by atoms with Crippen LogP contribution in [0.25, 0.3) is 11.2 Å². The van der Waals surface area contributed by atoms with Crippen LogP contribution in [0.4, 0.5) is 4.79 Å². The zero-order valence-electron chi connectivity index (χ0n) is 13.9. The van der Waals surface area contributed by atoms with E-state index in [2.05, 4.69) is 4.98 Å². The first-order valence-corrected chi connectivity index (χ1v) is 8.14. The maximum Gasteiger partial charge on any atom is 0.330 e. The maximum atomic E-state index is 12.6. The van der Waals surface area contributed by atoms with E-state index >= 15 is 0 Å². The van der Waals surface area contributed by atoms with Crippen LogP contribution < -0.4 is 5.69 Å². The average Bonchev–Trinajstić information content (AvgIpc) is 3.13. The fourth-order valence-electron chi connectivity index (χ4n) is 3.34. The van der Waals surface area contributed by atoms with Crippen LogP contribution in [-0.4, -0.2) is 56.1 Å². The minimum Gasteiger partial charge on any atom is -0.325 e.